The normalized spacial score (nSPS) is 16.2. The molecule has 1 fully saturated rings. The van der Waals surface area contributed by atoms with Crippen LogP contribution >= 0.6 is 0 Å². The molecule has 34 heavy (non-hydrogen) atoms. The van der Waals surface area contributed by atoms with Gasteiger partial charge < -0.3 is 21.3 Å². The SMILES string of the molecule is C=C(/C=c1/cc(-c2cnccc2CC)nc(N)/c1=C/C)NC(=O)NC1CCN(C)C1=O.CCC. The minimum absolute atomic E-state index is 0.0950. The van der Waals surface area contributed by atoms with Gasteiger partial charge in [0.05, 0.1) is 5.69 Å². The number of nitrogens with two attached hydrogens (primary N) is 1. The molecule has 3 amide bonds. The first-order chi connectivity index (χ1) is 16.2. The van der Waals surface area contributed by atoms with Crippen molar-refractivity contribution < 1.29 is 9.59 Å². The summed E-state index contributed by atoms with van der Waals surface area (Å²) in [6.45, 7) is 12.7. The van der Waals surface area contributed by atoms with Gasteiger partial charge in [-0.15, -0.1) is 0 Å². The van der Waals surface area contributed by atoms with Crippen molar-refractivity contribution in [3.8, 4) is 11.3 Å². The minimum atomic E-state index is -0.515. The number of urea groups is 1. The van der Waals surface area contributed by atoms with Gasteiger partial charge in [-0.3, -0.25) is 9.78 Å². The molecule has 2 aromatic heterocycles. The van der Waals surface area contributed by atoms with E-state index >= 15 is 0 Å². The van der Waals surface area contributed by atoms with Crippen LogP contribution in [0.1, 0.15) is 46.1 Å². The van der Waals surface area contributed by atoms with Crippen LogP contribution in [0.15, 0.2) is 36.8 Å². The predicted octanol–water partition coefficient (Wildman–Crippen LogP) is 2.33. The fourth-order valence-corrected chi connectivity index (χ4v) is 3.65. The first-order valence-electron chi connectivity index (χ1n) is 11.6. The molecule has 0 radical (unpaired) electrons. The van der Waals surface area contributed by atoms with Crippen molar-refractivity contribution in [2.75, 3.05) is 19.3 Å². The number of likely N-dealkylation sites (N-methyl/N-ethyl adjacent to an activating group) is 1. The number of hydrogen-bond acceptors (Lipinski definition) is 5. The van der Waals surface area contributed by atoms with E-state index in [-0.39, 0.29) is 5.91 Å². The van der Waals surface area contributed by atoms with Crippen molar-refractivity contribution in [1.29, 1.82) is 0 Å². The second-order valence-electron chi connectivity index (χ2n) is 8.15. The zero-order chi connectivity index (χ0) is 25.3. The molecular formula is C26H36N6O2. The molecule has 3 heterocycles. The summed E-state index contributed by atoms with van der Waals surface area (Å²) in [7, 11) is 1.72. The minimum Gasteiger partial charge on any atom is -0.383 e. The summed E-state index contributed by atoms with van der Waals surface area (Å²) in [5, 5.41) is 6.91. The Labute approximate surface area is 201 Å². The number of pyridine rings is 2. The number of likely N-dealkylation sites (tertiary alicyclic amines) is 1. The van der Waals surface area contributed by atoms with Crippen molar-refractivity contribution in [1.82, 2.24) is 25.5 Å². The fourth-order valence-electron chi connectivity index (χ4n) is 3.65. The van der Waals surface area contributed by atoms with E-state index in [4.69, 9.17) is 5.73 Å². The average Bonchev–Trinajstić information content (AvgIpc) is 3.11. The third-order valence-electron chi connectivity index (χ3n) is 5.31. The Morgan fingerprint density at radius 3 is 2.65 bits per heavy atom. The Kier molecular flexibility index (Phi) is 9.79. The van der Waals surface area contributed by atoms with Crippen LogP contribution in [0.2, 0.25) is 0 Å². The number of nitrogens with one attached hydrogen (secondary N) is 2. The second-order valence-corrected chi connectivity index (χ2v) is 8.15. The van der Waals surface area contributed by atoms with Gasteiger partial charge in [0.1, 0.15) is 11.9 Å². The Morgan fingerprint density at radius 1 is 1.35 bits per heavy atom. The molecule has 2 aromatic rings. The molecule has 1 saturated heterocycles. The van der Waals surface area contributed by atoms with Crippen LogP contribution in [0, 0.1) is 0 Å². The number of amides is 3. The molecule has 1 atom stereocenters. The number of nitrogen functional groups attached to an aromatic ring is 1. The maximum Gasteiger partial charge on any atom is 0.319 e. The summed E-state index contributed by atoms with van der Waals surface area (Å²) >= 11 is 0. The molecule has 3 rings (SSSR count). The Hall–Kier alpha value is -3.68. The number of hydrogen-bond donors (Lipinski definition) is 3. The summed E-state index contributed by atoms with van der Waals surface area (Å²) in [4.78, 5) is 34.7. The molecular weight excluding hydrogens is 428 g/mol. The van der Waals surface area contributed by atoms with E-state index in [0.717, 1.165) is 28.0 Å². The third kappa shape index (κ3) is 6.66. The largest absolute Gasteiger partial charge is 0.383 e. The second kappa shape index (κ2) is 12.5. The zero-order valence-corrected chi connectivity index (χ0v) is 20.8. The maximum atomic E-state index is 12.3. The van der Waals surface area contributed by atoms with E-state index in [1.54, 1.807) is 30.4 Å². The van der Waals surface area contributed by atoms with E-state index < -0.39 is 12.1 Å². The lowest BCUT2D eigenvalue weighted by molar-refractivity contribution is -0.128. The van der Waals surface area contributed by atoms with Crippen molar-refractivity contribution >= 4 is 29.9 Å². The number of carbonyl (C=O) groups is 2. The van der Waals surface area contributed by atoms with Crippen molar-refractivity contribution in [2.45, 2.75) is 53.0 Å². The van der Waals surface area contributed by atoms with Gasteiger partial charge in [0.2, 0.25) is 5.91 Å². The summed E-state index contributed by atoms with van der Waals surface area (Å²) < 4.78 is 0. The lowest BCUT2D eigenvalue weighted by Crippen LogP contribution is -2.45. The molecule has 182 valence electrons. The number of anilines is 1. The summed E-state index contributed by atoms with van der Waals surface area (Å²) in [5.74, 6) is 0.288. The highest BCUT2D eigenvalue weighted by molar-refractivity contribution is 5.89. The van der Waals surface area contributed by atoms with Gasteiger partial charge >= 0.3 is 6.03 Å². The molecule has 1 unspecified atom stereocenters. The molecule has 0 aliphatic carbocycles. The number of rotatable bonds is 5. The van der Waals surface area contributed by atoms with E-state index in [2.05, 4.69) is 48.0 Å². The van der Waals surface area contributed by atoms with Gasteiger partial charge in [0, 0.05) is 42.5 Å². The molecule has 4 N–H and O–H groups in total. The van der Waals surface area contributed by atoms with E-state index in [0.29, 0.717) is 30.2 Å². The van der Waals surface area contributed by atoms with Crippen LogP contribution < -0.4 is 26.8 Å². The fraction of sp³-hybridized carbons (Fsp3) is 0.385. The zero-order valence-electron chi connectivity index (χ0n) is 20.8. The quantitative estimate of drug-likeness (QED) is 0.629. The lowest BCUT2D eigenvalue weighted by Gasteiger charge is -2.13. The summed E-state index contributed by atoms with van der Waals surface area (Å²) in [5.41, 5.74) is 9.32. The summed E-state index contributed by atoms with van der Waals surface area (Å²) in [6.07, 6.45) is 9.80. The molecule has 1 aliphatic heterocycles. The Balaban J connectivity index is 0.00000129. The molecule has 8 nitrogen and oxygen atoms in total. The first kappa shape index (κ1) is 26.6. The molecule has 8 heteroatoms. The van der Waals surface area contributed by atoms with Crippen LogP contribution in [0.25, 0.3) is 23.4 Å². The van der Waals surface area contributed by atoms with Gasteiger partial charge in [-0.2, -0.15) is 0 Å². The monoisotopic (exact) mass is 464 g/mol. The molecule has 0 saturated carbocycles. The van der Waals surface area contributed by atoms with Gasteiger partial charge in [0.15, 0.2) is 0 Å². The lowest BCUT2D eigenvalue weighted by atomic mass is 10.0. The summed E-state index contributed by atoms with van der Waals surface area (Å²) in [6, 6.07) is 2.88. The standard InChI is InChI=1S/C23H28N6O2.C3H8/c1-5-15-7-9-25-13-18(15)20-12-16(17(6-2)21(24)27-20)11-14(3)26-23(31)28-19-8-10-29(4)22(19)30;1-3-2/h6-7,9,11-13,19H,3,5,8,10H2,1-2,4H3,(H2,24,27)(H2,26,28,31);3H2,1-2H3/b16-11-,17-6+;. The highest BCUT2D eigenvalue weighted by atomic mass is 16.2. The average molecular weight is 465 g/mol. The number of aromatic nitrogens is 2. The van der Waals surface area contributed by atoms with Crippen LogP contribution in [0.3, 0.4) is 0 Å². The smallest absolute Gasteiger partial charge is 0.319 e. The van der Waals surface area contributed by atoms with E-state index in [9.17, 15) is 9.59 Å². The number of allylic oxidation sites excluding steroid dienone is 1. The highest BCUT2D eigenvalue weighted by Gasteiger charge is 2.30. The highest BCUT2D eigenvalue weighted by Crippen LogP contribution is 2.20. The maximum absolute atomic E-state index is 12.3. The first-order valence-corrected chi connectivity index (χ1v) is 11.6. The van der Waals surface area contributed by atoms with Crippen molar-refractivity contribution in [3.63, 3.8) is 0 Å². The number of aryl methyl sites for hydroxylation is 1. The predicted molar refractivity (Wildman–Crippen MR) is 138 cm³/mol. The molecule has 0 spiro atoms. The van der Waals surface area contributed by atoms with Gasteiger partial charge in [0.25, 0.3) is 0 Å². The van der Waals surface area contributed by atoms with Crippen LogP contribution in [0.5, 0.6) is 0 Å². The van der Waals surface area contributed by atoms with Crippen LogP contribution in [0.4, 0.5) is 10.6 Å². The topological polar surface area (TPSA) is 113 Å². The van der Waals surface area contributed by atoms with Crippen LogP contribution in [-0.2, 0) is 11.2 Å². The van der Waals surface area contributed by atoms with Crippen molar-refractivity contribution in [3.05, 3.63) is 52.8 Å². The van der Waals surface area contributed by atoms with Gasteiger partial charge in [-0.1, -0.05) is 39.8 Å². The number of nitrogens with zero attached hydrogens (tertiary/aromatic N) is 3. The van der Waals surface area contributed by atoms with E-state index in [1.807, 2.05) is 25.1 Å². The third-order valence-corrected chi connectivity index (χ3v) is 5.31. The van der Waals surface area contributed by atoms with E-state index in [1.165, 1.54) is 6.42 Å². The number of carbonyl (C=O) groups excluding carboxylic acids is 2. The molecule has 1 aliphatic rings. The molecule has 0 aromatic carbocycles. The Bertz CT molecular complexity index is 1160. The van der Waals surface area contributed by atoms with Crippen molar-refractivity contribution in [2.24, 2.45) is 0 Å². The van der Waals surface area contributed by atoms with Crippen LogP contribution in [-0.4, -0.2) is 46.4 Å². The van der Waals surface area contributed by atoms with Gasteiger partial charge in [-0.25, -0.2) is 9.78 Å². The Morgan fingerprint density at radius 2 is 2.06 bits per heavy atom. The van der Waals surface area contributed by atoms with Gasteiger partial charge in [-0.05, 0) is 48.8 Å². The molecule has 0 bridgehead atoms.